The summed E-state index contributed by atoms with van der Waals surface area (Å²) in [5.41, 5.74) is 8.82. The molecule has 96 valence electrons. The number of rotatable bonds is 2. The second-order valence-electron chi connectivity index (χ2n) is 4.23. The molecule has 4 nitrogen and oxygen atoms in total. The highest BCUT2D eigenvalue weighted by Gasteiger charge is 2.12. The molecule has 0 unspecified atom stereocenters. The Kier molecular flexibility index (Phi) is 2.91. The molecule has 0 fully saturated rings. The van der Waals surface area contributed by atoms with Crippen LogP contribution in [0.25, 0.3) is 11.1 Å². The second kappa shape index (κ2) is 4.59. The van der Waals surface area contributed by atoms with Gasteiger partial charge < -0.3 is 10.2 Å². The van der Waals surface area contributed by atoms with E-state index >= 15 is 0 Å². The van der Waals surface area contributed by atoms with Crippen LogP contribution in [-0.4, -0.2) is 4.57 Å². The van der Waals surface area contributed by atoms with E-state index in [9.17, 15) is 4.79 Å². The minimum absolute atomic E-state index is 0.378. The molecular formula is C14H11BrN2O2. The highest BCUT2D eigenvalue weighted by atomic mass is 79.9. The number of nitrogens with zero attached hydrogens (tertiary/aromatic N) is 1. The standard InChI is InChI=1S/C14H11BrN2O2/c15-10-4-3-5-11(16)9(10)8-17-12-6-1-2-7-13(12)19-14(17)18/h1-7H,8,16H2. The fraction of sp³-hybridized carbons (Fsp3) is 0.0714. The van der Waals surface area contributed by atoms with Gasteiger partial charge in [0.25, 0.3) is 0 Å². The number of anilines is 1. The Morgan fingerprint density at radius 3 is 2.74 bits per heavy atom. The highest BCUT2D eigenvalue weighted by Crippen LogP contribution is 2.24. The molecule has 3 rings (SSSR count). The van der Waals surface area contributed by atoms with Crippen molar-refractivity contribution in [1.29, 1.82) is 0 Å². The van der Waals surface area contributed by atoms with Crippen molar-refractivity contribution in [1.82, 2.24) is 4.57 Å². The molecule has 3 aromatic rings. The third kappa shape index (κ3) is 2.06. The lowest BCUT2D eigenvalue weighted by atomic mass is 10.2. The Labute approximate surface area is 117 Å². The van der Waals surface area contributed by atoms with Gasteiger partial charge in [0.1, 0.15) is 0 Å². The van der Waals surface area contributed by atoms with Crippen LogP contribution >= 0.6 is 15.9 Å². The molecule has 0 aliphatic heterocycles. The molecule has 2 N–H and O–H groups in total. The minimum atomic E-state index is -0.378. The van der Waals surface area contributed by atoms with Crippen molar-refractivity contribution in [3.63, 3.8) is 0 Å². The van der Waals surface area contributed by atoms with E-state index in [4.69, 9.17) is 10.2 Å². The number of oxazole rings is 1. The highest BCUT2D eigenvalue weighted by molar-refractivity contribution is 9.10. The zero-order valence-corrected chi connectivity index (χ0v) is 11.6. The van der Waals surface area contributed by atoms with Gasteiger partial charge in [-0.2, -0.15) is 0 Å². The molecule has 0 aliphatic carbocycles. The third-order valence-electron chi connectivity index (χ3n) is 3.05. The maximum atomic E-state index is 11.9. The summed E-state index contributed by atoms with van der Waals surface area (Å²) >= 11 is 3.46. The fourth-order valence-corrected chi connectivity index (χ4v) is 2.57. The predicted molar refractivity (Wildman–Crippen MR) is 78.1 cm³/mol. The second-order valence-corrected chi connectivity index (χ2v) is 5.08. The van der Waals surface area contributed by atoms with Gasteiger partial charge in [-0.25, -0.2) is 4.79 Å². The van der Waals surface area contributed by atoms with Crippen molar-refractivity contribution in [3.05, 3.63) is 63.1 Å². The van der Waals surface area contributed by atoms with Gasteiger partial charge in [-0.3, -0.25) is 4.57 Å². The molecule has 0 bridgehead atoms. The zero-order valence-electron chi connectivity index (χ0n) is 9.97. The number of fused-ring (bicyclic) bond motifs is 1. The van der Waals surface area contributed by atoms with E-state index in [-0.39, 0.29) is 5.76 Å². The Morgan fingerprint density at radius 1 is 1.16 bits per heavy atom. The van der Waals surface area contributed by atoms with E-state index in [2.05, 4.69) is 15.9 Å². The number of halogens is 1. The van der Waals surface area contributed by atoms with Crippen molar-refractivity contribution >= 4 is 32.7 Å². The number of aromatic nitrogens is 1. The fourth-order valence-electron chi connectivity index (χ4n) is 2.06. The molecule has 0 amide bonds. The van der Waals surface area contributed by atoms with E-state index < -0.39 is 0 Å². The van der Waals surface area contributed by atoms with Crippen LogP contribution in [-0.2, 0) is 6.54 Å². The molecule has 19 heavy (non-hydrogen) atoms. The van der Waals surface area contributed by atoms with Gasteiger partial charge in [0.05, 0.1) is 12.1 Å². The molecule has 1 heterocycles. The summed E-state index contributed by atoms with van der Waals surface area (Å²) in [5.74, 6) is -0.378. The average Bonchev–Trinajstić information content (AvgIpc) is 2.70. The number of para-hydroxylation sites is 2. The number of benzene rings is 2. The average molecular weight is 319 g/mol. The van der Waals surface area contributed by atoms with Crippen LogP contribution in [0.5, 0.6) is 0 Å². The van der Waals surface area contributed by atoms with Crippen LogP contribution < -0.4 is 11.5 Å². The van der Waals surface area contributed by atoms with Crippen molar-refractivity contribution in [2.24, 2.45) is 0 Å². The lowest BCUT2D eigenvalue weighted by Gasteiger charge is -2.08. The molecule has 0 atom stereocenters. The van der Waals surface area contributed by atoms with Gasteiger partial charge in [0, 0.05) is 15.7 Å². The molecule has 5 heteroatoms. The SMILES string of the molecule is Nc1cccc(Br)c1Cn1c(=O)oc2ccccc21. The largest absolute Gasteiger partial charge is 0.420 e. The first kappa shape index (κ1) is 12.0. The number of hydrogen-bond acceptors (Lipinski definition) is 3. The summed E-state index contributed by atoms with van der Waals surface area (Å²) in [6.45, 7) is 0.378. The molecular weight excluding hydrogens is 308 g/mol. The minimum Gasteiger partial charge on any atom is -0.408 e. The lowest BCUT2D eigenvalue weighted by molar-refractivity contribution is 0.517. The molecule has 2 aromatic carbocycles. The van der Waals surface area contributed by atoms with E-state index in [1.807, 2.05) is 36.4 Å². The first-order valence-corrected chi connectivity index (χ1v) is 6.57. The van der Waals surface area contributed by atoms with E-state index in [0.717, 1.165) is 15.6 Å². The summed E-state index contributed by atoms with van der Waals surface area (Å²) in [6, 6.07) is 12.9. The van der Waals surface area contributed by atoms with Crippen LogP contribution in [0.3, 0.4) is 0 Å². The van der Waals surface area contributed by atoms with Crippen LogP contribution in [0.1, 0.15) is 5.56 Å². The van der Waals surface area contributed by atoms with Gasteiger partial charge in [0.2, 0.25) is 0 Å². The quantitative estimate of drug-likeness (QED) is 0.739. The van der Waals surface area contributed by atoms with Crippen molar-refractivity contribution < 1.29 is 4.42 Å². The molecule has 0 spiro atoms. The van der Waals surface area contributed by atoms with E-state index in [1.54, 1.807) is 10.6 Å². The van der Waals surface area contributed by atoms with Gasteiger partial charge in [0.15, 0.2) is 5.58 Å². The van der Waals surface area contributed by atoms with E-state index in [0.29, 0.717) is 17.8 Å². The normalized spacial score (nSPS) is 11.0. The van der Waals surface area contributed by atoms with Crippen molar-refractivity contribution in [3.8, 4) is 0 Å². The predicted octanol–water partition coefficient (Wildman–Crippen LogP) is 2.99. The summed E-state index contributed by atoms with van der Waals surface area (Å²) < 4.78 is 7.66. The molecule has 1 aromatic heterocycles. The van der Waals surface area contributed by atoms with Crippen molar-refractivity contribution in [2.75, 3.05) is 5.73 Å². The molecule has 0 saturated carbocycles. The monoisotopic (exact) mass is 318 g/mol. The van der Waals surface area contributed by atoms with Gasteiger partial charge >= 0.3 is 5.76 Å². The zero-order chi connectivity index (χ0) is 13.4. The topological polar surface area (TPSA) is 61.2 Å². The number of hydrogen-bond donors (Lipinski definition) is 1. The third-order valence-corrected chi connectivity index (χ3v) is 3.79. The van der Waals surface area contributed by atoms with Crippen LogP contribution in [0.4, 0.5) is 5.69 Å². The Balaban J connectivity index is 2.16. The van der Waals surface area contributed by atoms with Crippen molar-refractivity contribution in [2.45, 2.75) is 6.54 Å². The first-order chi connectivity index (χ1) is 9.16. The Bertz CT molecular complexity index is 784. The smallest absolute Gasteiger partial charge is 0.408 e. The van der Waals surface area contributed by atoms with Gasteiger partial charge in [-0.15, -0.1) is 0 Å². The molecule has 0 aliphatic rings. The van der Waals surface area contributed by atoms with Crippen LogP contribution in [0.15, 0.2) is 56.1 Å². The van der Waals surface area contributed by atoms with Gasteiger partial charge in [-0.1, -0.05) is 34.1 Å². The maximum Gasteiger partial charge on any atom is 0.420 e. The Morgan fingerprint density at radius 2 is 1.95 bits per heavy atom. The summed E-state index contributed by atoms with van der Waals surface area (Å²) in [4.78, 5) is 11.9. The summed E-state index contributed by atoms with van der Waals surface area (Å²) in [7, 11) is 0. The molecule has 0 saturated heterocycles. The first-order valence-electron chi connectivity index (χ1n) is 5.78. The van der Waals surface area contributed by atoms with Crippen LogP contribution in [0.2, 0.25) is 0 Å². The lowest BCUT2D eigenvalue weighted by Crippen LogP contribution is -2.16. The summed E-state index contributed by atoms with van der Waals surface area (Å²) in [6.07, 6.45) is 0. The maximum absolute atomic E-state index is 11.9. The van der Waals surface area contributed by atoms with Gasteiger partial charge in [-0.05, 0) is 24.3 Å². The van der Waals surface area contributed by atoms with Crippen LogP contribution in [0, 0.1) is 0 Å². The Hall–Kier alpha value is -2.01. The molecule has 0 radical (unpaired) electrons. The number of nitrogens with two attached hydrogens (primary N) is 1. The summed E-state index contributed by atoms with van der Waals surface area (Å²) in [5, 5.41) is 0. The number of nitrogen functional groups attached to an aromatic ring is 1. The van der Waals surface area contributed by atoms with E-state index in [1.165, 1.54) is 0 Å².